The van der Waals surface area contributed by atoms with Crippen molar-refractivity contribution in [3.05, 3.63) is 95.0 Å². The quantitative estimate of drug-likeness (QED) is 0.311. The molecule has 0 atom stereocenters. The molecule has 29 heavy (non-hydrogen) atoms. The SMILES string of the molecule is C=CS/C=C(\C)C=C.CNCc1cccc(F)c1.Cc1cc(NC=O)ccc1N. The first-order valence-corrected chi connectivity index (χ1v) is 9.83. The molecule has 0 aliphatic heterocycles. The van der Waals surface area contributed by atoms with Gasteiger partial charge in [-0.3, -0.25) is 4.79 Å². The van der Waals surface area contributed by atoms with Crippen molar-refractivity contribution in [2.75, 3.05) is 18.1 Å². The topological polar surface area (TPSA) is 67.1 Å². The van der Waals surface area contributed by atoms with E-state index in [0.29, 0.717) is 6.41 Å². The van der Waals surface area contributed by atoms with Gasteiger partial charge in [0.05, 0.1) is 0 Å². The first kappa shape index (κ1) is 26.2. The molecule has 0 saturated carbocycles. The van der Waals surface area contributed by atoms with Gasteiger partial charge in [-0.2, -0.15) is 0 Å². The molecule has 0 aliphatic rings. The van der Waals surface area contributed by atoms with Crippen LogP contribution >= 0.6 is 11.8 Å². The van der Waals surface area contributed by atoms with Gasteiger partial charge in [0.15, 0.2) is 0 Å². The van der Waals surface area contributed by atoms with Crippen LogP contribution in [0.25, 0.3) is 0 Å². The van der Waals surface area contributed by atoms with Crippen LogP contribution in [0.1, 0.15) is 18.1 Å². The number of nitrogens with one attached hydrogen (secondary N) is 2. The molecule has 0 bridgehead atoms. The van der Waals surface area contributed by atoms with Crippen LogP contribution in [0.5, 0.6) is 0 Å². The largest absolute Gasteiger partial charge is 0.399 e. The number of amides is 1. The maximum Gasteiger partial charge on any atom is 0.211 e. The van der Waals surface area contributed by atoms with Crippen molar-refractivity contribution in [2.45, 2.75) is 20.4 Å². The minimum atomic E-state index is -0.173. The molecular weight excluding hydrogens is 385 g/mol. The summed E-state index contributed by atoms with van der Waals surface area (Å²) < 4.78 is 12.5. The Morgan fingerprint density at radius 2 is 1.97 bits per heavy atom. The van der Waals surface area contributed by atoms with Gasteiger partial charge >= 0.3 is 0 Å². The second-order valence-corrected chi connectivity index (χ2v) is 6.70. The molecule has 4 N–H and O–H groups in total. The predicted molar refractivity (Wildman–Crippen MR) is 126 cm³/mol. The monoisotopic (exact) mass is 415 g/mol. The summed E-state index contributed by atoms with van der Waals surface area (Å²) in [7, 11) is 1.84. The molecule has 0 aliphatic carbocycles. The minimum Gasteiger partial charge on any atom is -0.399 e. The van der Waals surface area contributed by atoms with Crippen LogP contribution in [0.4, 0.5) is 15.8 Å². The van der Waals surface area contributed by atoms with Gasteiger partial charge in [-0.05, 0) is 78.7 Å². The number of thioether (sulfide) groups is 1. The summed E-state index contributed by atoms with van der Waals surface area (Å²) in [6, 6.07) is 11.9. The van der Waals surface area contributed by atoms with E-state index >= 15 is 0 Å². The van der Waals surface area contributed by atoms with E-state index in [1.54, 1.807) is 35.4 Å². The van der Waals surface area contributed by atoms with E-state index in [-0.39, 0.29) is 5.82 Å². The molecule has 0 radical (unpaired) electrons. The van der Waals surface area contributed by atoms with Crippen molar-refractivity contribution in [1.82, 2.24) is 5.32 Å². The van der Waals surface area contributed by atoms with Gasteiger partial charge in [0.2, 0.25) is 6.41 Å². The van der Waals surface area contributed by atoms with Gasteiger partial charge < -0.3 is 16.4 Å². The molecule has 0 aromatic heterocycles. The fourth-order valence-electron chi connectivity index (χ4n) is 1.89. The average Bonchev–Trinajstić information content (AvgIpc) is 2.70. The smallest absolute Gasteiger partial charge is 0.211 e. The molecule has 4 nitrogen and oxygen atoms in total. The first-order chi connectivity index (χ1) is 13.9. The molecule has 2 aromatic carbocycles. The third kappa shape index (κ3) is 13.1. The molecule has 6 heteroatoms. The number of nitrogen functional groups attached to an aromatic ring is 1. The normalized spacial score (nSPS) is 9.86. The molecule has 0 fully saturated rings. The maximum atomic E-state index is 12.5. The van der Waals surface area contributed by atoms with Crippen LogP contribution in [0.2, 0.25) is 0 Å². The van der Waals surface area contributed by atoms with E-state index in [1.165, 1.54) is 17.7 Å². The van der Waals surface area contributed by atoms with Crippen molar-refractivity contribution in [3.63, 3.8) is 0 Å². The van der Waals surface area contributed by atoms with Crippen molar-refractivity contribution in [3.8, 4) is 0 Å². The van der Waals surface area contributed by atoms with Crippen LogP contribution in [0, 0.1) is 12.7 Å². The second kappa shape index (κ2) is 16.2. The number of hydrogen-bond acceptors (Lipinski definition) is 4. The highest BCUT2D eigenvalue weighted by atomic mass is 32.2. The minimum absolute atomic E-state index is 0.173. The Morgan fingerprint density at radius 3 is 2.48 bits per heavy atom. The number of nitrogens with two attached hydrogens (primary N) is 1. The van der Waals surface area contributed by atoms with Crippen LogP contribution in [-0.2, 0) is 11.3 Å². The van der Waals surface area contributed by atoms with Crippen molar-refractivity contribution < 1.29 is 9.18 Å². The molecule has 0 spiro atoms. The van der Waals surface area contributed by atoms with Crippen molar-refractivity contribution in [2.24, 2.45) is 0 Å². The number of rotatable bonds is 7. The van der Waals surface area contributed by atoms with E-state index in [0.717, 1.165) is 29.0 Å². The summed E-state index contributed by atoms with van der Waals surface area (Å²) in [6.07, 6.45) is 2.46. The summed E-state index contributed by atoms with van der Waals surface area (Å²) in [5.41, 5.74) is 10.2. The van der Waals surface area contributed by atoms with E-state index in [1.807, 2.05) is 44.5 Å². The second-order valence-electron chi connectivity index (χ2n) is 5.86. The molecule has 2 aromatic rings. The zero-order valence-electron chi connectivity index (χ0n) is 17.2. The summed E-state index contributed by atoms with van der Waals surface area (Å²) >= 11 is 1.57. The third-order valence-corrected chi connectivity index (χ3v) is 4.14. The van der Waals surface area contributed by atoms with Gasteiger partial charge in [0, 0.05) is 17.9 Å². The highest BCUT2D eigenvalue weighted by Crippen LogP contribution is 2.15. The lowest BCUT2D eigenvalue weighted by molar-refractivity contribution is -0.105. The van der Waals surface area contributed by atoms with Crippen LogP contribution in [0.15, 0.2) is 78.1 Å². The summed E-state index contributed by atoms with van der Waals surface area (Å²) in [4.78, 5) is 10.0. The van der Waals surface area contributed by atoms with Gasteiger partial charge in [-0.25, -0.2) is 4.39 Å². The van der Waals surface area contributed by atoms with Gasteiger partial charge in [-0.1, -0.05) is 31.4 Å². The molecule has 156 valence electrons. The molecule has 0 heterocycles. The van der Waals surface area contributed by atoms with E-state index < -0.39 is 0 Å². The highest BCUT2D eigenvalue weighted by molar-refractivity contribution is 8.04. The molecule has 1 amide bonds. The fraction of sp³-hybridized carbons (Fsp3) is 0.174. The third-order valence-electron chi connectivity index (χ3n) is 3.44. The lowest BCUT2D eigenvalue weighted by atomic mass is 10.2. The number of carbonyl (C=O) groups excluding carboxylic acids is 1. The van der Waals surface area contributed by atoms with E-state index in [4.69, 9.17) is 5.73 Å². The van der Waals surface area contributed by atoms with Crippen molar-refractivity contribution in [1.29, 1.82) is 0 Å². The number of hydrogen-bond donors (Lipinski definition) is 3. The number of aryl methyl sites for hydroxylation is 1. The number of carbonyl (C=O) groups is 1. The van der Waals surface area contributed by atoms with Gasteiger partial charge in [0.1, 0.15) is 5.82 Å². The lowest BCUT2D eigenvalue weighted by Crippen LogP contribution is -2.04. The first-order valence-electron chi connectivity index (χ1n) is 8.88. The average molecular weight is 416 g/mol. The Balaban J connectivity index is 0.000000412. The predicted octanol–water partition coefficient (Wildman–Crippen LogP) is 5.64. The van der Waals surface area contributed by atoms with E-state index in [2.05, 4.69) is 23.8 Å². The Labute approximate surface area is 177 Å². The zero-order valence-corrected chi connectivity index (χ0v) is 18.1. The molecule has 0 unspecified atom stereocenters. The Morgan fingerprint density at radius 1 is 1.24 bits per heavy atom. The molecular formula is C23H30FN3OS. The Kier molecular flexibility index (Phi) is 14.6. The standard InChI is InChI=1S/C8H10FN.C8H10N2O.C7H10S/c1-10-6-7-3-2-4-8(9)5-7;1-6-4-7(10-5-11)2-3-8(6)9;1-4-7(3)6-8-5-2/h2-5,10H,6H2,1H3;2-5H,9H2,1H3,(H,10,11);4-6H,1-2H2,3H3/b;;7-6+. The Hall–Kier alpha value is -2.83. The van der Waals surface area contributed by atoms with E-state index in [9.17, 15) is 9.18 Å². The van der Waals surface area contributed by atoms with Crippen molar-refractivity contribution >= 4 is 29.5 Å². The molecule has 2 rings (SSSR count). The van der Waals surface area contributed by atoms with Crippen LogP contribution < -0.4 is 16.4 Å². The molecule has 0 saturated heterocycles. The number of allylic oxidation sites excluding steroid dienone is 2. The number of anilines is 2. The van der Waals surface area contributed by atoms with Crippen LogP contribution in [0.3, 0.4) is 0 Å². The van der Waals surface area contributed by atoms with Crippen LogP contribution in [-0.4, -0.2) is 13.5 Å². The maximum absolute atomic E-state index is 12.5. The summed E-state index contributed by atoms with van der Waals surface area (Å²) in [5.74, 6) is -0.173. The lowest BCUT2D eigenvalue weighted by Gasteiger charge is -2.02. The Bertz CT molecular complexity index is 806. The summed E-state index contributed by atoms with van der Waals surface area (Å²) in [5, 5.41) is 9.27. The van der Waals surface area contributed by atoms with Gasteiger partial charge in [0.25, 0.3) is 0 Å². The van der Waals surface area contributed by atoms with Gasteiger partial charge in [-0.15, -0.1) is 11.8 Å². The summed E-state index contributed by atoms with van der Waals surface area (Å²) in [6.45, 7) is 11.8. The number of halogens is 1. The fourth-order valence-corrected chi connectivity index (χ4v) is 2.30. The zero-order chi connectivity index (χ0) is 22.1. The highest BCUT2D eigenvalue weighted by Gasteiger charge is 1.94. The number of benzene rings is 2.